The molecule has 5 heteroatoms. The lowest BCUT2D eigenvalue weighted by molar-refractivity contribution is -0.161. The summed E-state index contributed by atoms with van der Waals surface area (Å²) >= 11 is 0. The molecular weight excluding hydrogens is 221 g/mol. The molecule has 0 unspecified atom stereocenters. The monoisotopic (exact) mass is 232 g/mol. The Morgan fingerprint density at radius 3 is 2.38 bits per heavy atom. The molecular formula is C11H11F3O2. The third-order valence-corrected chi connectivity index (χ3v) is 2.11. The number of hydrogen-bond donors (Lipinski definition) is 0. The molecule has 1 rings (SSSR count). The van der Waals surface area contributed by atoms with Gasteiger partial charge in [-0.1, -0.05) is 6.07 Å². The first-order valence-corrected chi connectivity index (χ1v) is 4.61. The number of carbonyl (C=O) groups excluding carboxylic acids is 1. The summed E-state index contributed by atoms with van der Waals surface area (Å²) < 4.78 is 39.5. The number of esters is 1. The van der Waals surface area contributed by atoms with E-state index in [0.717, 1.165) is 11.1 Å². The second kappa shape index (κ2) is 4.55. The molecule has 0 aliphatic carbocycles. The zero-order valence-corrected chi connectivity index (χ0v) is 8.89. The number of alkyl halides is 3. The summed E-state index contributed by atoms with van der Waals surface area (Å²) in [5, 5.41) is 0. The largest absolute Gasteiger partial charge is 0.452 e. The van der Waals surface area contributed by atoms with Crippen molar-refractivity contribution < 1.29 is 22.7 Å². The Kier molecular flexibility index (Phi) is 3.57. The molecule has 0 bridgehead atoms. The number of rotatable bonds is 2. The van der Waals surface area contributed by atoms with Crippen LogP contribution in [0, 0.1) is 13.8 Å². The van der Waals surface area contributed by atoms with Crippen molar-refractivity contribution in [1.82, 2.24) is 0 Å². The molecule has 16 heavy (non-hydrogen) atoms. The first-order chi connectivity index (χ1) is 7.29. The number of aryl methyl sites for hydroxylation is 2. The first-order valence-electron chi connectivity index (χ1n) is 4.61. The van der Waals surface area contributed by atoms with Crippen molar-refractivity contribution >= 4 is 5.97 Å². The zero-order chi connectivity index (χ0) is 12.3. The van der Waals surface area contributed by atoms with Gasteiger partial charge in [0, 0.05) is 0 Å². The number of carbonyl (C=O) groups is 1. The molecule has 0 aromatic heterocycles. The minimum absolute atomic E-state index is 0.132. The quantitative estimate of drug-likeness (QED) is 0.732. The van der Waals surface area contributed by atoms with E-state index in [2.05, 4.69) is 4.74 Å². The van der Waals surface area contributed by atoms with Crippen molar-refractivity contribution in [2.45, 2.75) is 20.0 Å². The second-order valence-corrected chi connectivity index (χ2v) is 3.49. The highest BCUT2D eigenvalue weighted by Crippen LogP contribution is 2.16. The molecule has 0 saturated heterocycles. The average Bonchev–Trinajstić information content (AvgIpc) is 2.17. The molecule has 0 spiro atoms. The van der Waals surface area contributed by atoms with Gasteiger partial charge in [-0.15, -0.1) is 0 Å². The number of benzene rings is 1. The van der Waals surface area contributed by atoms with Gasteiger partial charge in [0.05, 0.1) is 5.56 Å². The highest BCUT2D eigenvalue weighted by molar-refractivity contribution is 5.89. The molecule has 1 aromatic carbocycles. The molecule has 0 amide bonds. The Morgan fingerprint density at radius 1 is 1.25 bits per heavy atom. The molecule has 1 aromatic rings. The van der Waals surface area contributed by atoms with Gasteiger partial charge in [0.25, 0.3) is 0 Å². The van der Waals surface area contributed by atoms with Crippen LogP contribution in [-0.2, 0) is 4.74 Å². The molecule has 0 aliphatic heterocycles. The maximum atomic E-state index is 11.8. The van der Waals surface area contributed by atoms with E-state index in [-0.39, 0.29) is 5.56 Å². The lowest BCUT2D eigenvalue weighted by Crippen LogP contribution is -2.20. The van der Waals surface area contributed by atoms with Gasteiger partial charge in [-0.3, -0.25) is 0 Å². The Balaban J connectivity index is 2.70. The molecule has 0 aliphatic rings. The first kappa shape index (κ1) is 12.5. The fourth-order valence-electron chi connectivity index (χ4n) is 1.10. The summed E-state index contributed by atoms with van der Waals surface area (Å²) in [7, 11) is 0. The van der Waals surface area contributed by atoms with Gasteiger partial charge in [0.15, 0.2) is 6.61 Å². The molecule has 0 saturated carbocycles. The molecule has 88 valence electrons. The molecule has 0 N–H and O–H groups in total. The number of ether oxygens (including phenoxy) is 1. The van der Waals surface area contributed by atoms with Gasteiger partial charge in [-0.2, -0.15) is 13.2 Å². The Morgan fingerprint density at radius 2 is 1.88 bits per heavy atom. The van der Waals surface area contributed by atoms with Gasteiger partial charge in [0.1, 0.15) is 0 Å². The van der Waals surface area contributed by atoms with Crippen LogP contribution in [0.5, 0.6) is 0 Å². The van der Waals surface area contributed by atoms with Crippen molar-refractivity contribution in [3.8, 4) is 0 Å². The average molecular weight is 232 g/mol. The minimum atomic E-state index is -4.49. The molecule has 0 heterocycles. The van der Waals surface area contributed by atoms with E-state index in [1.54, 1.807) is 13.0 Å². The van der Waals surface area contributed by atoms with Gasteiger partial charge in [0.2, 0.25) is 0 Å². The smallest absolute Gasteiger partial charge is 0.422 e. The molecule has 0 atom stereocenters. The van der Waals surface area contributed by atoms with Crippen LogP contribution in [-0.4, -0.2) is 18.8 Å². The second-order valence-electron chi connectivity index (χ2n) is 3.49. The summed E-state index contributed by atoms with van der Waals surface area (Å²) in [6.45, 7) is 2.06. The van der Waals surface area contributed by atoms with Gasteiger partial charge in [-0.25, -0.2) is 4.79 Å². The van der Waals surface area contributed by atoms with Crippen LogP contribution in [0.25, 0.3) is 0 Å². The van der Waals surface area contributed by atoms with Crippen molar-refractivity contribution in [3.63, 3.8) is 0 Å². The normalized spacial score (nSPS) is 11.3. The summed E-state index contributed by atoms with van der Waals surface area (Å²) in [5.74, 6) is -0.958. The summed E-state index contributed by atoms with van der Waals surface area (Å²) in [5.41, 5.74) is 1.93. The lowest BCUT2D eigenvalue weighted by Gasteiger charge is -2.08. The van der Waals surface area contributed by atoms with Gasteiger partial charge in [-0.05, 0) is 37.1 Å². The lowest BCUT2D eigenvalue weighted by atomic mass is 10.1. The Labute approximate surface area is 91.0 Å². The third kappa shape index (κ3) is 3.56. The number of hydrogen-bond acceptors (Lipinski definition) is 2. The summed E-state index contributed by atoms with van der Waals surface area (Å²) in [4.78, 5) is 11.2. The van der Waals surface area contributed by atoms with E-state index in [0.29, 0.717) is 0 Å². The predicted octanol–water partition coefficient (Wildman–Crippen LogP) is 3.02. The van der Waals surface area contributed by atoms with Crippen molar-refractivity contribution in [3.05, 3.63) is 34.9 Å². The van der Waals surface area contributed by atoms with Crippen molar-refractivity contribution in [2.24, 2.45) is 0 Å². The van der Waals surface area contributed by atoms with Crippen LogP contribution < -0.4 is 0 Å². The zero-order valence-electron chi connectivity index (χ0n) is 8.89. The Hall–Kier alpha value is -1.52. The van der Waals surface area contributed by atoms with E-state index >= 15 is 0 Å². The summed E-state index contributed by atoms with van der Waals surface area (Å²) in [6.07, 6.45) is -4.49. The summed E-state index contributed by atoms with van der Waals surface area (Å²) in [6, 6.07) is 4.62. The SMILES string of the molecule is Cc1ccc(C(=O)OCC(F)(F)F)cc1C. The molecule has 0 radical (unpaired) electrons. The van der Waals surface area contributed by atoms with Crippen LogP contribution in [0.4, 0.5) is 13.2 Å². The molecule has 0 fully saturated rings. The van der Waals surface area contributed by atoms with E-state index in [9.17, 15) is 18.0 Å². The fourth-order valence-corrected chi connectivity index (χ4v) is 1.10. The van der Waals surface area contributed by atoms with E-state index in [1.165, 1.54) is 12.1 Å². The highest BCUT2D eigenvalue weighted by atomic mass is 19.4. The Bertz CT molecular complexity index is 397. The fraction of sp³-hybridized carbons (Fsp3) is 0.364. The van der Waals surface area contributed by atoms with Crippen molar-refractivity contribution in [1.29, 1.82) is 0 Å². The van der Waals surface area contributed by atoms with E-state index in [1.807, 2.05) is 6.92 Å². The maximum Gasteiger partial charge on any atom is 0.422 e. The van der Waals surface area contributed by atoms with Crippen LogP contribution >= 0.6 is 0 Å². The van der Waals surface area contributed by atoms with Gasteiger partial charge < -0.3 is 4.74 Å². The van der Waals surface area contributed by atoms with Gasteiger partial charge >= 0.3 is 12.1 Å². The van der Waals surface area contributed by atoms with E-state index < -0.39 is 18.8 Å². The molecule has 2 nitrogen and oxygen atoms in total. The van der Waals surface area contributed by atoms with Crippen LogP contribution in [0.2, 0.25) is 0 Å². The predicted molar refractivity (Wildman–Crippen MR) is 52.3 cm³/mol. The highest BCUT2D eigenvalue weighted by Gasteiger charge is 2.29. The van der Waals surface area contributed by atoms with E-state index in [4.69, 9.17) is 0 Å². The maximum absolute atomic E-state index is 11.8. The number of halogens is 3. The van der Waals surface area contributed by atoms with Crippen LogP contribution in [0.15, 0.2) is 18.2 Å². The standard InChI is InChI=1S/C11H11F3O2/c1-7-3-4-9(5-8(7)2)10(15)16-6-11(12,13)14/h3-5H,6H2,1-2H3. The van der Waals surface area contributed by atoms with Crippen LogP contribution in [0.3, 0.4) is 0 Å². The van der Waals surface area contributed by atoms with Crippen LogP contribution in [0.1, 0.15) is 21.5 Å². The van der Waals surface area contributed by atoms with Crippen molar-refractivity contribution in [2.75, 3.05) is 6.61 Å². The third-order valence-electron chi connectivity index (χ3n) is 2.11. The minimum Gasteiger partial charge on any atom is -0.452 e. The topological polar surface area (TPSA) is 26.3 Å².